The molecule has 0 saturated carbocycles. The lowest BCUT2D eigenvalue weighted by atomic mass is 10.1. The van der Waals surface area contributed by atoms with Crippen LogP contribution in [0.2, 0.25) is 0 Å². The van der Waals surface area contributed by atoms with E-state index in [1.165, 1.54) is 19.3 Å². The maximum absolute atomic E-state index is 12.4. The molecule has 0 aliphatic carbocycles. The molecule has 0 aromatic carbocycles. The molecule has 1 aromatic heterocycles. The minimum absolute atomic E-state index is 0.00582. The van der Waals surface area contributed by atoms with Gasteiger partial charge in [0.05, 0.1) is 25.0 Å². The van der Waals surface area contributed by atoms with Gasteiger partial charge in [-0.05, 0) is 45.0 Å². The van der Waals surface area contributed by atoms with Crippen LogP contribution >= 0.6 is 0 Å². The first-order chi connectivity index (χ1) is 11.2. The van der Waals surface area contributed by atoms with Crippen LogP contribution in [0.25, 0.3) is 0 Å². The summed E-state index contributed by atoms with van der Waals surface area (Å²) in [5.41, 5.74) is 0. The second-order valence-corrected chi connectivity index (χ2v) is 6.44. The van der Waals surface area contributed by atoms with E-state index in [0.717, 1.165) is 18.8 Å². The van der Waals surface area contributed by atoms with Crippen molar-refractivity contribution in [2.75, 3.05) is 39.3 Å². The SMILES string of the molecule is C[C@H]1CN(C(=O)NC[C@H](c2ccco2)N2CCCCC2)CCO1. The Labute approximate surface area is 137 Å². The smallest absolute Gasteiger partial charge is 0.317 e. The van der Waals surface area contributed by atoms with Crippen LogP contribution in [0, 0.1) is 0 Å². The van der Waals surface area contributed by atoms with Crippen molar-refractivity contribution in [3.8, 4) is 0 Å². The molecule has 23 heavy (non-hydrogen) atoms. The molecule has 2 aliphatic heterocycles. The van der Waals surface area contributed by atoms with E-state index in [-0.39, 0.29) is 18.2 Å². The van der Waals surface area contributed by atoms with E-state index < -0.39 is 0 Å². The van der Waals surface area contributed by atoms with Crippen molar-refractivity contribution >= 4 is 6.03 Å². The number of rotatable bonds is 4. The van der Waals surface area contributed by atoms with E-state index >= 15 is 0 Å². The molecule has 1 aromatic rings. The molecule has 2 aliphatic rings. The Morgan fingerprint density at radius 1 is 1.35 bits per heavy atom. The van der Waals surface area contributed by atoms with Gasteiger partial charge in [-0.2, -0.15) is 0 Å². The quantitative estimate of drug-likeness (QED) is 0.924. The summed E-state index contributed by atoms with van der Waals surface area (Å²) in [5, 5.41) is 3.09. The third kappa shape index (κ3) is 4.26. The Kier molecular flexibility index (Phi) is 5.56. The maximum Gasteiger partial charge on any atom is 0.317 e. The molecule has 0 unspecified atom stereocenters. The summed E-state index contributed by atoms with van der Waals surface area (Å²) in [5.74, 6) is 0.933. The number of urea groups is 1. The highest BCUT2D eigenvalue weighted by Gasteiger charge is 2.27. The number of hydrogen-bond donors (Lipinski definition) is 1. The number of carbonyl (C=O) groups excluding carboxylic acids is 1. The minimum atomic E-state index is -0.00582. The molecule has 128 valence electrons. The lowest BCUT2D eigenvalue weighted by Crippen LogP contribution is -2.50. The van der Waals surface area contributed by atoms with Crippen molar-refractivity contribution < 1.29 is 13.9 Å². The first-order valence-electron chi connectivity index (χ1n) is 8.66. The van der Waals surface area contributed by atoms with Gasteiger partial charge < -0.3 is 19.4 Å². The molecule has 1 N–H and O–H groups in total. The van der Waals surface area contributed by atoms with Gasteiger partial charge in [0.15, 0.2) is 0 Å². The molecule has 2 amide bonds. The number of morpholine rings is 1. The predicted octanol–water partition coefficient (Wildman–Crippen LogP) is 2.24. The van der Waals surface area contributed by atoms with Crippen LogP contribution in [0.15, 0.2) is 22.8 Å². The van der Waals surface area contributed by atoms with Gasteiger partial charge in [0.2, 0.25) is 0 Å². The number of nitrogens with zero attached hydrogens (tertiary/aromatic N) is 2. The summed E-state index contributed by atoms with van der Waals surface area (Å²) < 4.78 is 11.1. The number of amides is 2. The average Bonchev–Trinajstić information content (AvgIpc) is 3.10. The summed E-state index contributed by atoms with van der Waals surface area (Å²) in [6.45, 7) is 6.64. The summed E-state index contributed by atoms with van der Waals surface area (Å²) in [6.07, 6.45) is 5.53. The highest BCUT2D eigenvalue weighted by Crippen LogP contribution is 2.24. The topological polar surface area (TPSA) is 58.0 Å². The maximum atomic E-state index is 12.4. The zero-order chi connectivity index (χ0) is 16.1. The third-order valence-corrected chi connectivity index (χ3v) is 4.68. The van der Waals surface area contributed by atoms with Crippen molar-refractivity contribution in [2.24, 2.45) is 0 Å². The molecular formula is C17H27N3O3. The van der Waals surface area contributed by atoms with E-state index in [1.807, 2.05) is 24.0 Å². The Bertz CT molecular complexity index is 485. The third-order valence-electron chi connectivity index (χ3n) is 4.68. The molecule has 0 radical (unpaired) electrons. The van der Waals surface area contributed by atoms with Crippen LogP contribution in [0.5, 0.6) is 0 Å². The monoisotopic (exact) mass is 321 g/mol. The Morgan fingerprint density at radius 3 is 2.87 bits per heavy atom. The van der Waals surface area contributed by atoms with Gasteiger partial charge in [0, 0.05) is 19.6 Å². The van der Waals surface area contributed by atoms with Crippen LogP contribution in [0.1, 0.15) is 38.0 Å². The molecular weight excluding hydrogens is 294 g/mol. The lowest BCUT2D eigenvalue weighted by Gasteiger charge is -2.35. The van der Waals surface area contributed by atoms with E-state index in [0.29, 0.717) is 26.2 Å². The van der Waals surface area contributed by atoms with E-state index in [2.05, 4.69) is 10.2 Å². The molecule has 0 spiro atoms. The van der Waals surface area contributed by atoms with Gasteiger partial charge in [-0.25, -0.2) is 4.79 Å². The number of carbonyl (C=O) groups is 1. The van der Waals surface area contributed by atoms with Crippen molar-refractivity contribution in [3.63, 3.8) is 0 Å². The van der Waals surface area contributed by atoms with E-state index in [9.17, 15) is 4.79 Å². The molecule has 2 saturated heterocycles. The van der Waals surface area contributed by atoms with Gasteiger partial charge >= 0.3 is 6.03 Å². The fourth-order valence-corrected chi connectivity index (χ4v) is 3.42. The number of hydrogen-bond acceptors (Lipinski definition) is 4. The molecule has 6 nitrogen and oxygen atoms in total. The lowest BCUT2D eigenvalue weighted by molar-refractivity contribution is -0.00381. The summed E-state index contributed by atoms with van der Waals surface area (Å²) in [7, 11) is 0. The standard InChI is InChI=1S/C17H27N3O3/c1-14-13-20(9-11-22-14)17(21)18-12-15(16-6-5-10-23-16)19-7-3-2-4-8-19/h5-6,10,14-15H,2-4,7-9,11-13H2,1H3,(H,18,21)/t14-,15+/m0/s1. The van der Waals surface area contributed by atoms with E-state index in [4.69, 9.17) is 9.15 Å². The molecule has 3 heterocycles. The number of furan rings is 1. The zero-order valence-electron chi connectivity index (χ0n) is 13.9. The highest BCUT2D eigenvalue weighted by molar-refractivity contribution is 5.74. The van der Waals surface area contributed by atoms with Gasteiger partial charge in [0.25, 0.3) is 0 Å². The molecule has 2 atom stereocenters. The first-order valence-corrected chi connectivity index (χ1v) is 8.66. The Hall–Kier alpha value is -1.53. The highest BCUT2D eigenvalue weighted by atomic mass is 16.5. The van der Waals surface area contributed by atoms with Crippen LogP contribution < -0.4 is 5.32 Å². The van der Waals surface area contributed by atoms with Crippen LogP contribution in [-0.2, 0) is 4.74 Å². The number of likely N-dealkylation sites (tertiary alicyclic amines) is 1. The summed E-state index contributed by atoms with van der Waals surface area (Å²) in [6, 6.07) is 4.03. The first kappa shape index (κ1) is 16.3. The summed E-state index contributed by atoms with van der Waals surface area (Å²) in [4.78, 5) is 16.7. The van der Waals surface area contributed by atoms with Crippen molar-refractivity contribution in [1.82, 2.24) is 15.1 Å². The van der Waals surface area contributed by atoms with Gasteiger partial charge in [0.1, 0.15) is 5.76 Å². The fourth-order valence-electron chi connectivity index (χ4n) is 3.42. The number of ether oxygens (including phenoxy) is 1. The van der Waals surface area contributed by atoms with Crippen molar-refractivity contribution in [3.05, 3.63) is 24.2 Å². The number of piperidine rings is 1. The van der Waals surface area contributed by atoms with Crippen LogP contribution in [0.3, 0.4) is 0 Å². The average molecular weight is 321 g/mol. The van der Waals surface area contributed by atoms with Crippen molar-refractivity contribution in [2.45, 2.75) is 38.3 Å². The van der Waals surface area contributed by atoms with Crippen LogP contribution in [-0.4, -0.2) is 61.3 Å². The number of nitrogens with one attached hydrogen (secondary N) is 1. The largest absolute Gasteiger partial charge is 0.468 e. The normalized spacial score (nSPS) is 24.4. The fraction of sp³-hybridized carbons (Fsp3) is 0.706. The Balaban J connectivity index is 1.58. The zero-order valence-corrected chi connectivity index (χ0v) is 13.9. The van der Waals surface area contributed by atoms with Gasteiger partial charge in [-0.3, -0.25) is 4.90 Å². The van der Waals surface area contributed by atoms with Gasteiger partial charge in [-0.15, -0.1) is 0 Å². The minimum Gasteiger partial charge on any atom is -0.468 e. The molecule has 2 fully saturated rings. The van der Waals surface area contributed by atoms with Crippen LogP contribution in [0.4, 0.5) is 4.79 Å². The molecule has 3 rings (SSSR count). The molecule has 0 bridgehead atoms. The second-order valence-electron chi connectivity index (χ2n) is 6.44. The molecule has 6 heteroatoms. The van der Waals surface area contributed by atoms with E-state index in [1.54, 1.807) is 6.26 Å². The van der Waals surface area contributed by atoms with Gasteiger partial charge in [-0.1, -0.05) is 6.42 Å². The second kappa shape index (κ2) is 7.84. The summed E-state index contributed by atoms with van der Waals surface area (Å²) >= 11 is 0. The van der Waals surface area contributed by atoms with Crippen molar-refractivity contribution in [1.29, 1.82) is 0 Å². The predicted molar refractivity (Wildman–Crippen MR) is 87.3 cm³/mol. The Morgan fingerprint density at radius 2 is 2.17 bits per heavy atom.